The van der Waals surface area contributed by atoms with E-state index in [2.05, 4.69) is 5.32 Å². The largest absolute Gasteiger partial charge is 0.495 e. The normalized spacial score (nSPS) is 10.3. The maximum Gasteiger partial charge on any atom is 0.328 e. The molecule has 0 spiro atoms. The molecule has 2 N–H and O–H groups in total. The average Bonchev–Trinajstić information content (AvgIpc) is 2.36. The molecule has 0 atom stereocenters. The van der Waals surface area contributed by atoms with Crippen LogP contribution in [0.3, 0.4) is 0 Å². The Bertz CT molecular complexity index is 480. The molecule has 0 aliphatic carbocycles. The molecule has 5 heteroatoms. The van der Waals surface area contributed by atoms with E-state index in [9.17, 15) is 9.59 Å². The van der Waals surface area contributed by atoms with Crippen LogP contribution in [-0.2, 0) is 16.0 Å². The fourth-order valence-electron chi connectivity index (χ4n) is 1.39. The maximum absolute atomic E-state index is 11.5. The number of carboxylic acid groups (broad SMARTS) is 1. The van der Waals surface area contributed by atoms with Crippen molar-refractivity contribution in [2.45, 2.75) is 13.3 Å². The molecule has 0 bridgehead atoms. The van der Waals surface area contributed by atoms with E-state index in [4.69, 9.17) is 9.84 Å². The Labute approximate surface area is 105 Å². The molecule has 0 radical (unpaired) electrons. The van der Waals surface area contributed by atoms with E-state index in [0.29, 0.717) is 11.4 Å². The number of carboxylic acids is 1. The summed E-state index contributed by atoms with van der Waals surface area (Å²) < 4.78 is 5.12. The summed E-state index contributed by atoms with van der Waals surface area (Å²) in [5.41, 5.74) is 1.57. The number of methoxy groups -OCH3 is 1. The number of rotatable bonds is 5. The molecule has 0 aliphatic rings. The number of benzene rings is 1. The van der Waals surface area contributed by atoms with Crippen molar-refractivity contribution in [1.82, 2.24) is 0 Å². The van der Waals surface area contributed by atoms with Crippen LogP contribution < -0.4 is 10.1 Å². The summed E-state index contributed by atoms with van der Waals surface area (Å²) in [4.78, 5) is 21.8. The smallest absolute Gasteiger partial charge is 0.328 e. The van der Waals surface area contributed by atoms with Crippen LogP contribution in [0.25, 0.3) is 0 Å². The number of carbonyl (C=O) groups is 2. The molecule has 0 saturated carbocycles. The van der Waals surface area contributed by atoms with Crippen LogP contribution in [0.15, 0.2) is 30.4 Å². The molecule has 5 nitrogen and oxygen atoms in total. The zero-order valence-corrected chi connectivity index (χ0v) is 10.3. The molecular formula is C13H15NO4. The lowest BCUT2D eigenvalue weighted by Crippen LogP contribution is -2.10. The number of ether oxygens (including phenoxy) is 1. The summed E-state index contributed by atoms with van der Waals surface area (Å²) in [5, 5.41) is 11.0. The number of nitrogens with one attached hydrogen (secondary N) is 1. The highest BCUT2D eigenvalue weighted by Crippen LogP contribution is 2.25. The van der Waals surface area contributed by atoms with Gasteiger partial charge in [0.15, 0.2) is 0 Å². The lowest BCUT2D eigenvalue weighted by atomic mass is 10.1. The molecule has 1 amide bonds. The van der Waals surface area contributed by atoms with Crippen molar-refractivity contribution in [2.75, 3.05) is 12.4 Å². The van der Waals surface area contributed by atoms with Gasteiger partial charge in [0.2, 0.25) is 5.91 Å². The van der Waals surface area contributed by atoms with E-state index >= 15 is 0 Å². The first kappa shape index (κ1) is 13.8. The highest BCUT2D eigenvalue weighted by molar-refractivity contribution is 6.03. The van der Waals surface area contributed by atoms with Crippen molar-refractivity contribution < 1.29 is 19.4 Å². The Hall–Kier alpha value is -2.30. The first-order valence-electron chi connectivity index (χ1n) is 5.45. The number of amides is 1. The fraction of sp³-hybridized carbons (Fsp3) is 0.231. The number of aliphatic carboxylic acids is 1. The van der Waals surface area contributed by atoms with Crippen molar-refractivity contribution in [3.8, 4) is 5.75 Å². The highest BCUT2D eigenvalue weighted by atomic mass is 16.5. The molecule has 0 aromatic heterocycles. The van der Waals surface area contributed by atoms with Gasteiger partial charge in [-0.15, -0.1) is 0 Å². The Morgan fingerprint density at radius 3 is 2.67 bits per heavy atom. The minimum Gasteiger partial charge on any atom is -0.495 e. The fourth-order valence-corrected chi connectivity index (χ4v) is 1.39. The lowest BCUT2D eigenvalue weighted by molar-refractivity contribution is -0.131. The summed E-state index contributed by atoms with van der Waals surface area (Å²) in [5.74, 6) is -1.15. The molecule has 0 unspecified atom stereocenters. The van der Waals surface area contributed by atoms with Gasteiger partial charge < -0.3 is 15.2 Å². The molecule has 96 valence electrons. The summed E-state index contributed by atoms with van der Waals surface area (Å²) in [6.07, 6.45) is 2.57. The van der Waals surface area contributed by atoms with Gasteiger partial charge in [-0.25, -0.2) is 4.79 Å². The predicted molar refractivity (Wildman–Crippen MR) is 67.8 cm³/mol. The molecular weight excluding hydrogens is 234 g/mol. The molecule has 0 saturated heterocycles. The van der Waals surface area contributed by atoms with Gasteiger partial charge in [0.05, 0.1) is 12.8 Å². The molecule has 1 aromatic carbocycles. The van der Waals surface area contributed by atoms with E-state index < -0.39 is 11.9 Å². The van der Waals surface area contributed by atoms with E-state index in [0.717, 1.165) is 24.1 Å². The molecule has 1 rings (SSSR count). The second kappa shape index (κ2) is 6.44. The predicted octanol–water partition coefficient (Wildman–Crippen LogP) is 1.84. The lowest BCUT2D eigenvalue weighted by Gasteiger charge is -2.10. The summed E-state index contributed by atoms with van der Waals surface area (Å²) in [6.45, 7) is 2.00. The monoisotopic (exact) mass is 249 g/mol. The third-order valence-electron chi connectivity index (χ3n) is 2.31. The van der Waals surface area contributed by atoms with Crippen LogP contribution in [0, 0.1) is 0 Å². The van der Waals surface area contributed by atoms with Crippen LogP contribution in [0.4, 0.5) is 5.69 Å². The average molecular weight is 249 g/mol. The topological polar surface area (TPSA) is 75.6 Å². The summed E-state index contributed by atoms with van der Waals surface area (Å²) in [6, 6.07) is 5.46. The third-order valence-corrected chi connectivity index (χ3v) is 2.31. The first-order chi connectivity index (χ1) is 8.56. The molecule has 1 aromatic rings. The van der Waals surface area contributed by atoms with Gasteiger partial charge in [-0.3, -0.25) is 4.79 Å². The minimum absolute atomic E-state index is 0.510. The summed E-state index contributed by atoms with van der Waals surface area (Å²) in [7, 11) is 1.50. The van der Waals surface area contributed by atoms with Gasteiger partial charge in [-0.1, -0.05) is 13.0 Å². The van der Waals surface area contributed by atoms with E-state index in [1.165, 1.54) is 7.11 Å². The quantitative estimate of drug-likeness (QED) is 0.781. The summed E-state index contributed by atoms with van der Waals surface area (Å²) >= 11 is 0. The van der Waals surface area contributed by atoms with Crippen LogP contribution in [-0.4, -0.2) is 24.1 Å². The maximum atomic E-state index is 11.5. The Kier molecular flexibility index (Phi) is 4.92. The van der Waals surface area contributed by atoms with Gasteiger partial charge in [-0.05, 0) is 24.1 Å². The van der Waals surface area contributed by atoms with Crippen molar-refractivity contribution in [3.63, 3.8) is 0 Å². The highest BCUT2D eigenvalue weighted by Gasteiger charge is 2.06. The Balaban J connectivity index is 2.88. The second-order valence-electron chi connectivity index (χ2n) is 3.55. The van der Waals surface area contributed by atoms with Gasteiger partial charge in [0, 0.05) is 12.2 Å². The minimum atomic E-state index is -1.17. The third kappa shape index (κ3) is 3.93. The molecule has 0 aliphatic heterocycles. The number of hydrogen-bond donors (Lipinski definition) is 2. The Morgan fingerprint density at radius 2 is 2.11 bits per heavy atom. The van der Waals surface area contributed by atoms with E-state index in [-0.39, 0.29) is 0 Å². The number of carbonyl (C=O) groups excluding carboxylic acids is 1. The van der Waals surface area contributed by atoms with Gasteiger partial charge in [-0.2, -0.15) is 0 Å². The van der Waals surface area contributed by atoms with Gasteiger partial charge >= 0.3 is 5.97 Å². The van der Waals surface area contributed by atoms with E-state index in [1.807, 2.05) is 13.0 Å². The van der Waals surface area contributed by atoms with Crippen LogP contribution in [0.5, 0.6) is 5.75 Å². The van der Waals surface area contributed by atoms with Crippen molar-refractivity contribution in [3.05, 3.63) is 35.9 Å². The van der Waals surface area contributed by atoms with Crippen LogP contribution >= 0.6 is 0 Å². The van der Waals surface area contributed by atoms with E-state index in [1.54, 1.807) is 12.1 Å². The SMILES string of the molecule is CCc1ccc(OC)c(NC(=O)/C=C/C(=O)O)c1. The molecule has 0 heterocycles. The zero-order chi connectivity index (χ0) is 13.5. The number of hydrogen-bond acceptors (Lipinski definition) is 3. The first-order valence-corrected chi connectivity index (χ1v) is 5.45. The number of anilines is 1. The van der Waals surface area contributed by atoms with Crippen molar-refractivity contribution in [1.29, 1.82) is 0 Å². The number of aryl methyl sites for hydroxylation is 1. The van der Waals surface area contributed by atoms with Crippen LogP contribution in [0.2, 0.25) is 0 Å². The Morgan fingerprint density at radius 1 is 1.39 bits per heavy atom. The second-order valence-corrected chi connectivity index (χ2v) is 3.55. The molecule has 0 fully saturated rings. The van der Waals surface area contributed by atoms with Crippen LogP contribution in [0.1, 0.15) is 12.5 Å². The zero-order valence-electron chi connectivity index (χ0n) is 10.3. The standard InChI is InChI=1S/C13H15NO4/c1-3-9-4-5-11(18-2)10(8-9)14-12(15)6-7-13(16)17/h4-8H,3H2,1-2H3,(H,14,15)(H,16,17)/b7-6+. The van der Waals surface area contributed by atoms with Gasteiger partial charge in [0.25, 0.3) is 0 Å². The molecule has 18 heavy (non-hydrogen) atoms. The van der Waals surface area contributed by atoms with Gasteiger partial charge in [0.1, 0.15) is 5.75 Å². The van der Waals surface area contributed by atoms with Crippen molar-refractivity contribution >= 4 is 17.6 Å². The van der Waals surface area contributed by atoms with Crippen molar-refractivity contribution in [2.24, 2.45) is 0 Å².